The number of phenols is 1. The lowest BCUT2D eigenvalue weighted by Crippen LogP contribution is -2.58. The molecule has 0 bridgehead atoms. The maximum absolute atomic E-state index is 14.0. The number of phenolic OH excluding ortho intramolecular Hbond substituents is 1. The number of fused-ring (bicyclic) bond motifs is 1. The number of amides is 2. The first-order valence-corrected chi connectivity index (χ1v) is 12.5. The van der Waals surface area contributed by atoms with Crippen molar-refractivity contribution in [1.82, 2.24) is 10.2 Å². The monoisotopic (exact) mass is 476 g/mol. The molecule has 2 saturated heterocycles. The summed E-state index contributed by atoms with van der Waals surface area (Å²) in [6.45, 7) is 3.92. The number of aryl methyl sites for hydroxylation is 2. The van der Waals surface area contributed by atoms with Gasteiger partial charge in [0.1, 0.15) is 11.3 Å². The van der Waals surface area contributed by atoms with Gasteiger partial charge in [0.25, 0.3) is 0 Å². The number of rotatable bonds is 5. The molecule has 5 rings (SSSR count). The zero-order valence-electron chi connectivity index (χ0n) is 20.2. The minimum Gasteiger partial charge on any atom is -0.508 e. The van der Waals surface area contributed by atoms with Crippen LogP contribution in [0.3, 0.4) is 0 Å². The number of carbonyl (C=O) groups is 3. The van der Waals surface area contributed by atoms with E-state index in [0.717, 1.165) is 48.8 Å². The van der Waals surface area contributed by atoms with E-state index in [4.69, 9.17) is 0 Å². The van der Waals surface area contributed by atoms with Crippen LogP contribution in [0, 0.1) is 25.7 Å². The number of benzene rings is 2. The van der Waals surface area contributed by atoms with Crippen LogP contribution in [0.2, 0.25) is 0 Å². The summed E-state index contributed by atoms with van der Waals surface area (Å²) >= 11 is 0. The molecule has 3 N–H and O–H groups in total. The highest BCUT2D eigenvalue weighted by Gasteiger charge is 2.69. The third-order valence-corrected chi connectivity index (χ3v) is 8.20. The van der Waals surface area contributed by atoms with Gasteiger partial charge in [0.15, 0.2) is 0 Å². The highest BCUT2D eigenvalue weighted by molar-refractivity contribution is 6.09. The van der Waals surface area contributed by atoms with Crippen molar-refractivity contribution in [2.75, 3.05) is 0 Å². The molecule has 184 valence electrons. The van der Waals surface area contributed by atoms with E-state index in [-0.39, 0.29) is 30.0 Å². The molecule has 2 heterocycles. The molecule has 3 fully saturated rings. The number of aliphatic carboxylic acids is 1. The molecule has 2 aromatic rings. The molecule has 7 nitrogen and oxygen atoms in total. The summed E-state index contributed by atoms with van der Waals surface area (Å²) in [6.07, 6.45) is 4.60. The third-order valence-electron chi connectivity index (χ3n) is 8.20. The van der Waals surface area contributed by atoms with Gasteiger partial charge in [0, 0.05) is 18.5 Å². The van der Waals surface area contributed by atoms with Gasteiger partial charge in [-0.2, -0.15) is 0 Å². The molecule has 1 saturated carbocycles. The second kappa shape index (κ2) is 8.79. The summed E-state index contributed by atoms with van der Waals surface area (Å²) in [7, 11) is 0. The van der Waals surface area contributed by atoms with Crippen LogP contribution in [0.25, 0.3) is 0 Å². The fraction of sp³-hybridized carbons (Fsp3) is 0.464. The second-order valence-electron chi connectivity index (χ2n) is 10.4. The topological polar surface area (TPSA) is 107 Å². The van der Waals surface area contributed by atoms with Crippen LogP contribution >= 0.6 is 0 Å². The Bertz CT molecular complexity index is 1170. The van der Waals surface area contributed by atoms with E-state index in [0.29, 0.717) is 5.56 Å². The van der Waals surface area contributed by atoms with Gasteiger partial charge in [-0.05, 0) is 55.5 Å². The van der Waals surface area contributed by atoms with Gasteiger partial charge in [-0.1, -0.05) is 55.2 Å². The summed E-state index contributed by atoms with van der Waals surface area (Å²) in [6, 6.07) is 11.6. The summed E-state index contributed by atoms with van der Waals surface area (Å²) in [5.74, 6) is -3.46. The van der Waals surface area contributed by atoms with Crippen molar-refractivity contribution in [1.29, 1.82) is 0 Å². The number of imide groups is 1. The number of hydrogen-bond donors (Lipinski definition) is 3. The summed E-state index contributed by atoms with van der Waals surface area (Å²) < 4.78 is 0. The van der Waals surface area contributed by atoms with Crippen LogP contribution < -0.4 is 5.32 Å². The molecule has 2 amide bonds. The van der Waals surface area contributed by atoms with Gasteiger partial charge in [-0.15, -0.1) is 0 Å². The lowest BCUT2D eigenvalue weighted by molar-refractivity contribution is -0.152. The molecule has 4 unspecified atom stereocenters. The Labute approximate surface area is 205 Å². The van der Waals surface area contributed by atoms with Gasteiger partial charge < -0.3 is 10.2 Å². The molecular weight excluding hydrogens is 444 g/mol. The van der Waals surface area contributed by atoms with E-state index >= 15 is 0 Å². The Kier molecular flexibility index (Phi) is 5.91. The zero-order valence-corrected chi connectivity index (χ0v) is 20.2. The quantitative estimate of drug-likeness (QED) is 0.569. The molecule has 0 aromatic heterocycles. The Hall–Kier alpha value is -3.19. The first-order chi connectivity index (χ1) is 16.7. The molecule has 2 aliphatic heterocycles. The summed E-state index contributed by atoms with van der Waals surface area (Å²) in [5.41, 5.74) is 1.86. The number of hydrogen-bond acceptors (Lipinski definition) is 5. The van der Waals surface area contributed by atoms with Crippen molar-refractivity contribution in [2.24, 2.45) is 11.8 Å². The van der Waals surface area contributed by atoms with Crippen LogP contribution in [-0.4, -0.2) is 44.5 Å². The number of nitrogens with one attached hydrogen (secondary N) is 1. The van der Waals surface area contributed by atoms with Crippen molar-refractivity contribution in [3.05, 3.63) is 64.7 Å². The molecule has 0 spiro atoms. The molecule has 7 heteroatoms. The van der Waals surface area contributed by atoms with Crippen molar-refractivity contribution in [3.63, 3.8) is 0 Å². The standard InChI is InChI=1S/C28H32N2O5/c1-16-8-9-17(2)21(14-16)24-22-23(26(33)30(25(22)32)19-6-4-3-5-7-19)28(29-24,27(34)35)15-18-10-12-20(31)13-11-18/h8-14,19,22-24,29,31H,3-7,15H2,1-2H3,(H,34,35). The second-order valence-corrected chi connectivity index (χ2v) is 10.4. The molecule has 35 heavy (non-hydrogen) atoms. The average Bonchev–Trinajstić information content (AvgIpc) is 3.31. The number of aromatic hydroxyl groups is 1. The maximum atomic E-state index is 14.0. The maximum Gasteiger partial charge on any atom is 0.325 e. The number of nitrogens with zero attached hydrogens (tertiary/aromatic N) is 1. The third kappa shape index (κ3) is 3.82. The predicted molar refractivity (Wildman–Crippen MR) is 130 cm³/mol. The smallest absolute Gasteiger partial charge is 0.325 e. The van der Waals surface area contributed by atoms with E-state index in [1.165, 1.54) is 17.0 Å². The van der Waals surface area contributed by atoms with E-state index in [1.54, 1.807) is 12.1 Å². The van der Waals surface area contributed by atoms with Gasteiger partial charge >= 0.3 is 5.97 Å². The first kappa shape index (κ1) is 23.5. The van der Waals surface area contributed by atoms with Gasteiger partial charge in [-0.25, -0.2) is 0 Å². The molecule has 1 aliphatic carbocycles. The lowest BCUT2D eigenvalue weighted by Gasteiger charge is -2.35. The summed E-state index contributed by atoms with van der Waals surface area (Å²) in [5, 5.41) is 23.6. The number of carboxylic acids is 1. The number of carboxylic acid groups (broad SMARTS) is 1. The number of carbonyl (C=O) groups excluding carboxylic acids is 2. The van der Waals surface area contributed by atoms with Crippen LogP contribution in [-0.2, 0) is 20.8 Å². The number of likely N-dealkylation sites (tertiary alicyclic amines) is 1. The largest absolute Gasteiger partial charge is 0.508 e. The van der Waals surface area contributed by atoms with Gasteiger partial charge in [0.05, 0.1) is 11.8 Å². The van der Waals surface area contributed by atoms with Gasteiger partial charge in [0.2, 0.25) is 11.8 Å². The predicted octanol–water partition coefficient (Wildman–Crippen LogP) is 3.65. The first-order valence-electron chi connectivity index (χ1n) is 12.5. The summed E-state index contributed by atoms with van der Waals surface area (Å²) in [4.78, 5) is 42.3. The van der Waals surface area contributed by atoms with Crippen LogP contribution in [0.1, 0.15) is 60.4 Å². The normalized spacial score (nSPS) is 29.0. The molecule has 0 radical (unpaired) electrons. The van der Waals surface area contributed by atoms with E-state index in [2.05, 4.69) is 5.32 Å². The average molecular weight is 477 g/mol. The lowest BCUT2D eigenvalue weighted by atomic mass is 9.76. The fourth-order valence-corrected chi connectivity index (χ4v) is 6.46. The van der Waals surface area contributed by atoms with Crippen molar-refractivity contribution >= 4 is 17.8 Å². The SMILES string of the molecule is Cc1ccc(C)c(C2NC(Cc3ccc(O)cc3)(C(=O)O)C3C(=O)N(C4CCCCC4)C(=O)C23)c1. The minimum atomic E-state index is -1.64. The Morgan fingerprint density at radius 1 is 1.03 bits per heavy atom. The van der Waals surface area contributed by atoms with Crippen molar-refractivity contribution in [2.45, 2.75) is 70.0 Å². The highest BCUT2D eigenvalue weighted by Crippen LogP contribution is 2.51. The van der Waals surface area contributed by atoms with E-state index in [9.17, 15) is 24.6 Å². The van der Waals surface area contributed by atoms with Crippen LogP contribution in [0.15, 0.2) is 42.5 Å². The Balaban J connectivity index is 1.63. The molecule has 3 aliphatic rings. The Morgan fingerprint density at radius 3 is 2.37 bits per heavy atom. The molecule has 4 atom stereocenters. The van der Waals surface area contributed by atoms with Crippen LogP contribution in [0.4, 0.5) is 0 Å². The zero-order chi connectivity index (χ0) is 24.9. The minimum absolute atomic E-state index is 0.0304. The van der Waals surface area contributed by atoms with Crippen molar-refractivity contribution in [3.8, 4) is 5.75 Å². The molecule has 2 aromatic carbocycles. The van der Waals surface area contributed by atoms with E-state index in [1.807, 2.05) is 32.0 Å². The van der Waals surface area contributed by atoms with Gasteiger partial charge in [-0.3, -0.25) is 24.6 Å². The molecular formula is C28H32N2O5. The van der Waals surface area contributed by atoms with Crippen molar-refractivity contribution < 1.29 is 24.6 Å². The van der Waals surface area contributed by atoms with E-state index < -0.39 is 29.4 Å². The van der Waals surface area contributed by atoms with Crippen LogP contribution in [0.5, 0.6) is 5.75 Å². The Morgan fingerprint density at radius 2 is 1.71 bits per heavy atom. The fourth-order valence-electron chi connectivity index (χ4n) is 6.46. The highest BCUT2D eigenvalue weighted by atomic mass is 16.4.